The Morgan fingerprint density at radius 2 is 1.86 bits per heavy atom. The highest BCUT2D eigenvalue weighted by molar-refractivity contribution is 5.49. The van der Waals surface area contributed by atoms with E-state index in [-0.39, 0.29) is 0 Å². The molecule has 4 rings (SSSR count). The molecule has 5 heteroatoms. The minimum atomic E-state index is 0.798. The fraction of sp³-hybridized carbons (Fsp3) is 0.304. The number of aryl methyl sites for hydroxylation is 1. The number of anilines is 2. The third-order valence-electron chi connectivity index (χ3n) is 5.24. The second-order valence-electron chi connectivity index (χ2n) is 7.17. The van der Waals surface area contributed by atoms with Gasteiger partial charge in [-0.25, -0.2) is 4.98 Å². The maximum Gasteiger partial charge on any atom is 0.227 e. The number of nitrogens with zero attached hydrogens (tertiary/aromatic N) is 3. The lowest BCUT2D eigenvalue weighted by Crippen LogP contribution is -2.32. The zero-order chi connectivity index (χ0) is 19.3. The Kier molecular flexibility index (Phi) is 5.42. The number of aromatic nitrogens is 2. The van der Waals surface area contributed by atoms with Crippen molar-refractivity contribution in [3.63, 3.8) is 0 Å². The predicted octanol–water partition coefficient (Wildman–Crippen LogP) is 4.01. The quantitative estimate of drug-likeness (QED) is 0.706. The van der Waals surface area contributed by atoms with Gasteiger partial charge >= 0.3 is 0 Å². The molecule has 2 heterocycles. The zero-order valence-electron chi connectivity index (χ0n) is 16.5. The largest absolute Gasteiger partial charge is 0.497 e. The summed E-state index contributed by atoms with van der Waals surface area (Å²) in [6.07, 6.45) is 3.88. The number of nitrogens with one attached hydrogen (secondary N) is 1. The Labute approximate surface area is 166 Å². The monoisotopic (exact) mass is 374 g/mol. The molecule has 0 unspecified atom stereocenters. The van der Waals surface area contributed by atoms with Crippen LogP contribution in [0.25, 0.3) is 0 Å². The number of methoxy groups -OCH3 is 1. The molecule has 1 N–H and O–H groups in total. The van der Waals surface area contributed by atoms with E-state index in [1.165, 1.54) is 16.7 Å². The van der Waals surface area contributed by atoms with Gasteiger partial charge in [-0.05, 0) is 48.6 Å². The second kappa shape index (κ2) is 8.30. The molecule has 2 aromatic carbocycles. The summed E-state index contributed by atoms with van der Waals surface area (Å²) in [7, 11) is 1.69. The van der Waals surface area contributed by atoms with E-state index in [1.807, 2.05) is 25.3 Å². The van der Waals surface area contributed by atoms with E-state index in [2.05, 4.69) is 51.6 Å². The van der Waals surface area contributed by atoms with Gasteiger partial charge in [0.05, 0.1) is 7.11 Å². The van der Waals surface area contributed by atoms with Gasteiger partial charge in [0.1, 0.15) is 11.6 Å². The smallest absolute Gasteiger partial charge is 0.227 e. The first-order valence-corrected chi connectivity index (χ1v) is 9.75. The molecule has 0 amide bonds. The molecule has 1 aliphatic rings. The van der Waals surface area contributed by atoms with Crippen LogP contribution in [0.15, 0.2) is 54.7 Å². The Balaban J connectivity index is 1.41. The van der Waals surface area contributed by atoms with Crippen molar-refractivity contribution in [2.45, 2.75) is 26.3 Å². The van der Waals surface area contributed by atoms with Gasteiger partial charge in [-0.3, -0.25) is 0 Å². The molecule has 1 aliphatic heterocycles. The Bertz CT molecular complexity index is 940. The Morgan fingerprint density at radius 1 is 1.07 bits per heavy atom. The number of hydrogen-bond acceptors (Lipinski definition) is 5. The minimum Gasteiger partial charge on any atom is -0.497 e. The fourth-order valence-electron chi connectivity index (χ4n) is 3.55. The summed E-state index contributed by atoms with van der Waals surface area (Å²) in [6.45, 7) is 4.69. The molecule has 5 nitrogen and oxygen atoms in total. The molecule has 0 aliphatic carbocycles. The molecule has 0 bridgehead atoms. The first kappa shape index (κ1) is 18.3. The van der Waals surface area contributed by atoms with Crippen molar-refractivity contribution >= 4 is 11.8 Å². The number of benzene rings is 2. The fourth-order valence-corrected chi connectivity index (χ4v) is 3.55. The summed E-state index contributed by atoms with van der Waals surface area (Å²) in [5.74, 6) is 2.60. The summed E-state index contributed by atoms with van der Waals surface area (Å²) in [6, 6.07) is 16.8. The molecule has 0 spiro atoms. The summed E-state index contributed by atoms with van der Waals surface area (Å²) in [5, 5.41) is 3.48. The highest BCUT2D eigenvalue weighted by Crippen LogP contribution is 2.23. The summed E-state index contributed by atoms with van der Waals surface area (Å²) >= 11 is 0. The van der Waals surface area contributed by atoms with E-state index in [1.54, 1.807) is 7.11 Å². The van der Waals surface area contributed by atoms with Crippen molar-refractivity contribution in [3.8, 4) is 5.75 Å². The summed E-state index contributed by atoms with van der Waals surface area (Å²) in [5.41, 5.74) is 5.14. The normalized spacial score (nSPS) is 13.1. The molecule has 0 radical (unpaired) electrons. The molecular formula is C23H26N4O. The maximum atomic E-state index is 5.21. The third-order valence-corrected chi connectivity index (χ3v) is 5.24. The molecule has 0 fully saturated rings. The van der Waals surface area contributed by atoms with Crippen molar-refractivity contribution in [3.05, 3.63) is 77.0 Å². The first-order chi connectivity index (χ1) is 13.7. The van der Waals surface area contributed by atoms with E-state index in [4.69, 9.17) is 9.72 Å². The Hall–Kier alpha value is -3.08. The van der Waals surface area contributed by atoms with E-state index >= 15 is 0 Å². The van der Waals surface area contributed by atoms with Gasteiger partial charge in [-0.1, -0.05) is 36.4 Å². The first-order valence-electron chi connectivity index (χ1n) is 9.75. The lowest BCUT2D eigenvalue weighted by Gasteiger charge is -2.29. The highest BCUT2D eigenvalue weighted by atomic mass is 16.5. The maximum absolute atomic E-state index is 5.21. The molecule has 144 valence electrons. The van der Waals surface area contributed by atoms with E-state index in [0.29, 0.717) is 0 Å². The van der Waals surface area contributed by atoms with E-state index in [0.717, 1.165) is 55.6 Å². The van der Waals surface area contributed by atoms with Gasteiger partial charge in [0.25, 0.3) is 0 Å². The number of hydrogen-bond donors (Lipinski definition) is 1. The van der Waals surface area contributed by atoms with Crippen molar-refractivity contribution in [1.82, 2.24) is 9.97 Å². The molecule has 0 atom stereocenters. The van der Waals surface area contributed by atoms with Crippen LogP contribution in [0.4, 0.5) is 11.8 Å². The van der Waals surface area contributed by atoms with Crippen molar-refractivity contribution in [1.29, 1.82) is 0 Å². The minimum absolute atomic E-state index is 0.798. The Morgan fingerprint density at radius 3 is 2.64 bits per heavy atom. The van der Waals surface area contributed by atoms with E-state index < -0.39 is 0 Å². The van der Waals surface area contributed by atoms with E-state index in [9.17, 15) is 0 Å². The van der Waals surface area contributed by atoms with Crippen molar-refractivity contribution in [2.24, 2.45) is 0 Å². The van der Waals surface area contributed by atoms with Gasteiger partial charge in [-0.2, -0.15) is 4.98 Å². The van der Waals surface area contributed by atoms with Gasteiger partial charge in [0, 0.05) is 31.4 Å². The van der Waals surface area contributed by atoms with Crippen LogP contribution in [-0.2, 0) is 19.4 Å². The standard InChI is InChI=1S/C23H26N4O/c1-17-15-25-23(27-14-12-19-5-3-4-6-20(19)16-27)26-22(17)24-13-11-18-7-9-21(28-2)10-8-18/h3-10,15H,11-14,16H2,1-2H3,(H,24,25,26). The molecule has 28 heavy (non-hydrogen) atoms. The molecular weight excluding hydrogens is 348 g/mol. The predicted molar refractivity (Wildman–Crippen MR) is 113 cm³/mol. The summed E-state index contributed by atoms with van der Waals surface area (Å²) in [4.78, 5) is 11.7. The second-order valence-corrected chi connectivity index (χ2v) is 7.17. The average molecular weight is 374 g/mol. The van der Waals surface area contributed by atoms with Crippen LogP contribution in [0, 0.1) is 6.92 Å². The SMILES string of the molecule is COc1ccc(CCNc2nc(N3CCc4ccccc4C3)ncc2C)cc1. The highest BCUT2D eigenvalue weighted by Gasteiger charge is 2.18. The van der Waals surface area contributed by atoms with Gasteiger partial charge < -0.3 is 15.0 Å². The average Bonchev–Trinajstić information content (AvgIpc) is 2.75. The number of rotatable bonds is 6. The van der Waals surface area contributed by atoms with Crippen molar-refractivity contribution < 1.29 is 4.74 Å². The lowest BCUT2D eigenvalue weighted by atomic mass is 10.0. The van der Waals surface area contributed by atoms with Gasteiger partial charge in [0.2, 0.25) is 5.95 Å². The molecule has 0 saturated heterocycles. The van der Waals surface area contributed by atoms with Crippen LogP contribution in [-0.4, -0.2) is 30.2 Å². The molecule has 3 aromatic rings. The van der Waals surface area contributed by atoms with Crippen LogP contribution in [0.3, 0.4) is 0 Å². The van der Waals surface area contributed by atoms with Crippen LogP contribution < -0.4 is 15.0 Å². The van der Waals surface area contributed by atoms with Crippen LogP contribution in [0.1, 0.15) is 22.3 Å². The van der Waals surface area contributed by atoms with Gasteiger partial charge in [-0.15, -0.1) is 0 Å². The summed E-state index contributed by atoms with van der Waals surface area (Å²) < 4.78 is 5.21. The van der Waals surface area contributed by atoms with Crippen LogP contribution in [0.2, 0.25) is 0 Å². The molecule has 1 aromatic heterocycles. The van der Waals surface area contributed by atoms with Crippen LogP contribution >= 0.6 is 0 Å². The zero-order valence-corrected chi connectivity index (χ0v) is 16.5. The topological polar surface area (TPSA) is 50.3 Å². The van der Waals surface area contributed by atoms with Crippen LogP contribution in [0.5, 0.6) is 5.75 Å². The number of fused-ring (bicyclic) bond motifs is 1. The van der Waals surface area contributed by atoms with Crippen molar-refractivity contribution in [2.75, 3.05) is 30.4 Å². The lowest BCUT2D eigenvalue weighted by molar-refractivity contribution is 0.414. The van der Waals surface area contributed by atoms with Gasteiger partial charge in [0.15, 0.2) is 0 Å². The third kappa shape index (κ3) is 4.09. The molecule has 0 saturated carbocycles. The number of ether oxygens (including phenoxy) is 1.